The summed E-state index contributed by atoms with van der Waals surface area (Å²) in [6.07, 6.45) is 1.03. The van der Waals surface area contributed by atoms with E-state index < -0.39 is 5.92 Å². The van der Waals surface area contributed by atoms with Gasteiger partial charge in [-0.3, -0.25) is 9.69 Å². The monoisotopic (exact) mass is 465 g/mol. The van der Waals surface area contributed by atoms with Gasteiger partial charge in [0.1, 0.15) is 11.6 Å². The molecule has 0 fully saturated rings. The normalized spacial score (nSPS) is 20.8. The van der Waals surface area contributed by atoms with Crippen LogP contribution in [-0.4, -0.2) is 5.78 Å². The van der Waals surface area contributed by atoms with E-state index >= 15 is 0 Å². The van der Waals surface area contributed by atoms with Crippen LogP contribution in [0.4, 0.5) is 10.1 Å². The molecule has 4 nitrogen and oxygen atoms in total. The van der Waals surface area contributed by atoms with E-state index in [2.05, 4.69) is 35.8 Å². The molecule has 1 atom stereocenters. The second kappa shape index (κ2) is 7.41. The first-order chi connectivity index (χ1) is 14.2. The standard InChI is InChI=1S/C24H21BrFN3O/c1-24(2)11-19-22(20(30)12-24)21(14-3-7-16(26)8-4-14)18(13-27)23(28)29(19)17-9-5-15(25)6-10-17/h3-10,21H,11-12,28H2,1-2H3/t21-/m0/s1. The number of nitrogens with zero attached hydrogens (tertiary/aromatic N) is 2. The number of anilines is 1. The molecule has 0 saturated carbocycles. The van der Waals surface area contributed by atoms with E-state index in [1.54, 1.807) is 12.1 Å². The highest BCUT2D eigenvalue weighted by Gasteiger charge is 2.44. The number of hydrogen-bond donors (Lipinski definition) is 1. The van der Waals surface area contributed by atoms with E-state index in [0.29, 0.717) is 35.4 Å². The number of allylic oxidation sites excluding steroid dienone is 3. The van der Waals surface area contributed by atoms with Gasteiger partial charge in [0.05, 0.1) is 17.6 Å². The molecule has 0 bridgehead atoms. The van der Waals surface area contributed by atoms with Crippen LogP contribution in [0.1, 0.15) is 38.2 Å². The minimum Gasteiger partial charge on any atom is -0.384 e. The Morgan fingerprint density at radius 1 is 1.13 bits per heavy atom. The Kier molecular flexibility index (Phi) is 5.03. The topological polar surface area (TPSA) is 70.1 Å². The third-order valence-electron chi connectivity index (χ3n) is 5.67. The number of nitriles is 1. The van der Waals surface area contributed by atoms with Crippen LogP contribution in [0.25, 0.3) is 0 Å². The number of hydrogen-bond acceptors (Lipinski definition) is 4. The number of Topliss-reactive ketones (excluding diaryl/α,β-unsaturated/α-hetero) is 1. The smallest absolute Gasteiger partial charge is 0.162 e. The maximum atomic E-state index is 13.5. The first-order valence-corrected chi connectivity index (χ1v) is 10.5. The Balaban J connectivity index is 1.98. The quantitative estimate of drug-likeness (QED) is 0.632. The number of rotatable bonds is 2. The predicted molar refractivity (Wildman–Crippen MR) is 118 cm³/mol. The summed E-state index contributed by atoms with van der Waals surface area (Å²) in [6, 6.07) is 15.8. The van der Waals surface area contributed by atoms with Gasteiger partial charge in [0.15, 0.2) is 5.78 Å². The molecule has 2 aromatic carbocycles. The molecular formula is C24H21BrFN3O. The maximum absolute atomic E-state index is 13.5. The zero-order valence-electron chi connectivity index (χ0n) is 16.7. The molecule has 0 radical (unpaired) electrons. The SMILES string of the molecule is CC1(C)CC(=O)C2=C(C1)N(c1ccc(Br)cc1)C(N)=C(C#N)[C@@H]2c1ccc(F)cc1. The molecule has 1 aliphatic heterocycles. The number of carbonyl (C=O) groups excluding carboxylic acids is 1. The van der Waals surface area contributed by atoms with Crippen LogP contribution in [0.3, 0.4) is 0 Å². The Labute approximate surface area is 183 Å². The van der Waals surface area contributed by atoms with Crippen LogP contribution < -0.4 is 10.6 Å². The van der Waals surface area contributed by atoms with Crippen molar-refractivity contribution in [1.29, 1.82) is 5.26 Å². The molecule has 2 aliphatic rings. The van der Waals surface area contributed by atoms with Crippen molar-refractivity contribution in [3.8, 4) is 6.07 Å². The summed E-state index contributed by atoms with van der Waals surface area (Å²) in [6.45, 7) is 4.11. The fraction of sp³-hybridized carbons (Fsp3) is 0.250. The largest absolute Gasteiger partial charge is 0.384 e. The number of carbonyl (C=O) groups is 1. The molecule has 30 heavy (non-hydrogen) atoms. The molecule has 2 aromatic rings. The van der Waals surface area contributed by atoms with Crippen molar-refractivity contribution in [1.82, 2.24) is 0 Å². The Bertz CT molecular complexity index is 1120. The summed E-state index contributed by atoms with van der Waals surface area (Å²) in [4.78, 5) is 15.2. The second-order valence-corrected chi connectivity index (χ2v) is 9.42. The van der Waals surface area contributed by atoms with Crippen LogP contribution in [0, 0.1) is 22.6 Å². The van der Waals surface area contributed by atoms with Gasteiger partial charge in [-0.1, -0.05) is 41.9 Å². The number of benzene rings is 2. The molecular weight excluding hydrogens is 445 g/mol. The zero-order chi connectivity index (χ0) is 21.6. The van der Waals surface area contributed by atoms with Crippen molar-refractivity contribution in [3.63, 3.8) is 0 Å². The van der Waals surface area contributed by atoms with E-state index in [9.17, 15) is 14.4 Å². The number of nitrogens with two attached hydrogens (primary N) is 1. The van der Waals surface area contributed by atoms with E-state index in [1.807, 2.05) is 29.2 Å². The van der Waals surface area contributed by atoms with Crippen molar-refractivity contribution in [2.75, 3.05) is 4.90 Å². The van der Waals surface area contributed by atoms with Crippen LogP contribution in [0.2, 0.25) is 0 Å². The first-order valence-electron chi connectivity index (χ1n) is 9.69. The highest BCUT2D eigenvalue weighted by molar-refractivity contribution is 9.10. The molecule has 0 aromatic heterocycles. The summed E-state index contributed by atoms with van der Waals surface area (Å²) in [7, 11) is 0. The second-order valence-electron chi connectivity index (χ2n) is 8.51. The van der Waals surface area contributed by atoms with Gasteiger partial charge < -0.3 is 5.73 Å². The number of halogens is 2. The van der Waals surface area contributed by atoms with Gasteiger partial charge in [0.25, 0.3) is 0 Å². The van der Waals surface area contributed by atoms with Crippen molar-refractivity contribution < 1.29 is 9.18 Å². The zero-order valence-corrected chi connectivity index (χ0v) is 18.3. The lowest BCUT2D eigenvalue weighted by Gasteiger charge is -2.43. The van der Waals surface area contributed by atoms with E-state index in [-0.39, 0.29) is 17.0 Å². The summed E-state index contributed by atoms with van der Waals surface area (Å²) in [5, 5.41) is 10.0. The van der Waals surface area contributed by atoms with Crippen LogP contribution in [-0.2, 0) is 4.79 Å². The van der Waals surface area contributed by atoms with Crippen molar-refractivity contribution in [3.05, 3.63) is 87.0 Å². The van der Waals surface area contributed by atoms with Crippen LogP contribution >= 0.6 is 15.9 Å². The molecule has 4 rings (SSSR count). The lowest BCUT2D eigenvalue weighted by molar-refractivity contribution is -0.118. The average molecular weight is 466 g/mol. The highest BCUT2D eigenvalue weighted by Crippen LogP contribution is 2.50. The average Bonchev–Trinajstić information content (AvgIpc) is 2.68. The van der Waals surface area contributed by atoms with E-state index in [1.165, 1.54) is 12.1 Å². The molecule has 1 heterocycles. The third kappa shape index (κ3) is 3.44. The van der Waals surface area contributed by atoms with Crippen LogP contribution in [0.15, 0.2) is 75.7 Å². The summed E-state index contributed by atoms with van der Waals surface area (Å²) >= 11 is 3.44. The van der Waals surface area contributed by atoms with E-state index in [4.69, 9.17) is 5.73 Å². The molecule has 2 N–H and O–H groups in total. The minimum atomic E-state index is -0.596. The summed E-state index contributed by atoms with van der Waals surface area (Å²) in [5.41, 5.74) is 9.49. The molecule has 0 unspecified atom stereocenters. The summed E-state index contributed by atoms with van der Waals surface area (Å²) in [5.74, 6) is -0.663. The third-order valence-corrected chi connectivity index (χ3v) is 6.20. The highest BCUT2D eigenvalue weighted by atomic mass is 79.9. The summed E-state index contributed by atoms with van der Waals surface area (Å²) < 4.78 is 14.5. The molecule has 1 aliphatic carbocycles. The molecule has 0 amide bonds. The van der Waals surface area contributed by atoms with Crippen molar-refractivity contribution in [2.24, 2.45) is 11.1 Å². The molecule has 6 heteroatoms. The molecule has 0 spiro atoms. The molecule has 0 saturated heterocycles. The number of ketones is 1. The Morgan fingerprint density at radius 3 is 2.37 bits per heavy atom. The van der Waals surface area contributed by atoms with Crippen molar-refractivity contribution in [2.45, 2.75) is 32.6 Å². The lowest BCUT2D eigenvalue weighted by Crippen LogP contribution is -2.42. The van der Waals surface area contributed by atoms with Gasteiger partial charge in [-0.25, -0.2) is 4.39 Å². The lowest BCUT2D eigenvalue weighted by atomic mass is 9.68. The Morgan fingerprint density at radius 2 is 1.77 bits per heavy atom. The van der Waals surface area contributed by atoms with Gasteiger partial charge in [-0.05, 0) is 53.8 Å². The first kappa shape index (κ1) is 20.4. The van der Waals surface area contributed by atoms with Gasteiger partial charge in [-0.15, -0.1) is 0 Å². The fourth-order valence-corrected chi connectivity index (χ4v) is 4.65. The Hall–Kier alpha value is -2.91. The van der Waals surface area contributed by atoms with Crippen molar-refractivity contribution >= 4 is 27.4 Å². The fourth-order valence-electron chi connectivity index (χ4n) is 4.38. The minimum absolute atomic E-state index is 0.00191. The predicted octanol–water partition coefficient (Wildman–Crippen LogP) is 5.53. The van der Waals surface area contributed by atoms with Gasteiger partial charge in [0.2, 0.25) is 0 Å². The van der Waals surface area contributed by atoms with Gasteiger partial charge in [-0.2, -0.15) is 5.26 Å². The van der Waals surface area contributed by atoms with Gasteiger partial charge in [0, 0.05) is 27.9 Å². The van der Waals surface area contributed by atoms with Gasteiger partial charge >= 0.3 is 0 Å². The van der Waals surface area contributed by atoms with Crippen LogP contribution in [0.5, 0.6) is 0 Å². The maximum Gasteiger partial charge on any atom is 0.162 e. The molecule has 152 valence electrons. The van der Waals surface area contributed by atoms with E-state index in [0.717, 1.165) is 15.9 Å².